The summed E-state index contributed by atoms with van der Waals surface area (Å²) in [5.41, 5.74) is 1.70. The summed E-state index contributed by atoms with van der Waals surface area (Å²) in [6.45, 7) is 7.95. The first-order valence-corrected chi connectivity index (χ1v) is 9.98. The van der Waals surface area contributed by atoms with Gasteiger partial charge in [-0.25, -0.2) is 0 Å². The van der Waals surface area contributed by atoms with Crippen molar-refractivity contribution in [2.24, 2.45) is 0 Å². The summed E-state index contributed by atoms with van der Waals surface area (Å²) in [7, 11) is 1.62. The summed E-state index contributed by atoms with van der Waals surface area (Å²) in [5, 5.41) is 2.98. The molecule has 156 valence electrons. The van der Waals surface area contributed by atoms with Gasteiger partial charge in [0.25, 0.3) is 0 Å². The molecule has 0 fully saturated rings. The van der Waals surface area contributed by atoms with Crippen molar-refractivity contribution >= 4 is 11.8 Å². The number of methoxy groups -OCH3 is 1. The Morgan fingerprint density at radius 1 is 1.00 bits per heavy atom. The quantitative estimate of drug-likeness (QED) is 0.735. The molecular formula is C24H32N2O3. The SMILES string of the molecule is COc1ccc(CN(C(=O)CCc2ccccc2)[C@@H](C)C(=O)NC(C)(C)C)cc1. The highest BCUT2D eigenvalue weighted by Crippen LogP contribution is 2.17. The van der Waals surface area contributed by atoms with Gasteiger partial charge in [0, 0.05) is 18.5 Å². The first kappa shape index (κ1) is 22.5. The van der Waals surface area contributed by atoms with Crippen LogP contribution in [0.5, 0.6) is 5.75 Å². The molecule has 2 aromatic carbocycles. The third kappa shape index (κ3) is 7.26. The zero-order valence-electron chi connectivity index (χ0n) is 18.1. The minimum absolute atomic E-state index is 0.0405. The first-order chi connectivity index (χ1) is 13.7. The third-order valence-electron chi connectivity index (χ3n) is 4.65. The third-order valence-corrected chi connectivity index (χ3v) is 4.65. The second-order valence-corrected chi connectivity index (χ2v) is 8.27. The molecule has 0 radical (unpaired) electrons. The molecule has 2 aromatic rings. The Labute approximate surface area is 174 Å². The first-order valence-electron chi connectivity index (χ1n) is 9.98. The average molecular weight is 397 g/mol. The van der Waals surface area contributed by atoms with E-state index in [0.29, 0.717) is 19.4 Å². The predicted molar refractivity (Wildman–Crippen MR) is 116 cm³/mol. The Bertz CT molecular complexity index is 795. The molecule has 0 heterocycles. The summed E-state index contributed by atoms with van der Waals surface area (Å²) >= 11 is 0. The van der Waals surface area contributed by atoms with Gasteiger partial charge in [0.15, 0.2) is 0 Å². The average Bonchev–Trinajstić information content (AvgIpc) is 2.69. The summed E-state index contributed by atoms with van der Waals surface area (Å²) in [6, 6.07) is 16.9. The molecule has 0 aromatic heterocycles. The lowest BCUT2D eigenvalue weighted by molar-refractivity contribution is -0.141. The summed E-state index contributed by atoms with van der Waals surface area (Å²) < 4.78 is 5.21. The highest BCUT2D eigenvalue weighted by Gasteiger charge is 2.28. The van der Waals surface area contributed by atoms with Crippen molar-refractivity contribution in [3.8, 4) is 5.75 Å². The molecule has 5 nitrogen and oxygen atoms in total. The lowest BCUT2D eigenvalue weighted by Crippen LogP contribution is -2.52. The van der Waals surface area contributed by atoms with E-state index in [4.69, 9.17) is 4.74 Å². The van der Waals surface area contributed by atoms with Crippen molar-refractivity contribution in [1.82, 2.24) is 10.2 Å². The Morgan fingerprint density at radius 3 is 2.17 bits per heavy atom. The van der Waals surface area contributed by atoms with E-state index in [0.717, 1.165) is 16.9 Å². The van der Waals surface area contributed by atoms with E-state index in [1.54, 1.807) is 18.9 Å². The van der Waals surface area contributed by atoms with Crippen molar-refractivity contribution in [1.29, 1.82) is 0 Å². The van der Waals surface area contributed by atoms with E-state index in [2.05, 4.69) is 5.32 Å². The number of ether oxygens (including phenoxy) is 1. The lowest BCUT2D eigenvalue weighted by atomic mass is 10.1. The smallest absolute Gasteiger partial charge is 0.242 e. The van der Waals surface area contributed by atoms with Crippen LogP contribution in [0, 0.1) is 0 Å². The normalized spacial score (nSPS) is 12.2. The topological polar surface area (TPSA) is 58.6 Å². The number of carbonyl (C=O) groups is 2. The second-order valence-electron chi connectivity index (χ2n) is 8.27. The van der Waals surface area contributed by atoms with E-state index in [-0.39, 0.29) is 17.4 Å². The zero-order chi connectivity index (χ0) is 21.4. The van der Waals surface area contributed by atoms with Crippen LogP contribution in [0.25, 0.3) is 0 Å². The molecule has 5 heteroatoms. The number of carbonyl (C=O) groups excluding carboxylic acids is 2. The number of rotatable bonds is 8. The molecule has 1 atom stereocenters. The standard InChI is InChI=1S/C24H32N2O3/c1-18(23(28)25-24(2,3)4)26(17-20-11-14-21(29-5)15-12-20)22(27)16-13-19-9-7-6-8-10-19/h6-12,14-15,18H,13,16-17H2,1-5H3,(H,25,28)/t18-/m0/s1. The van der Waals surface area contributed by atoms with Gasteiger partial charge in [0.05, 0.1) is 7.11 Å². The van der Waals surface area contributed by atoms with Crippen LogP contribution in [0.4, 0.5) is 0 Å². The van der Waals surface area contributed by atoms with Crippen molar-refractivity contribution in [2.75, 3.05) is 7.11 Å². The largest absolute Gasteiger partial charge is 0.497 e. The van der Waals surface area contributed by atoms with Crippen molar-refractivity contribution in [2.45, 2.75) is 58.7 Å². The van der Waals surface area contributed by atoms with Crippen LogP contribution < -0.4 is 10.1 Å². The molecule has 0 spiro atoms. The van der Waals surface area contributed by atoms with Gasteiger partial charge in [-0.15, -0.1) is 0 Å². The monoisotopic (exact) mass is 396 g/mol. The Hall–Kier alpha value is -2.82. The maximum Gasteiger partial charge on any atom is 0.242 e. The number of nitrogens with zero attached hydrogens (tertiary/aromatic N) is 1. The van der Waals surface area contributed by atoms with Crippen LogP contribution in [-0.2, 0) is 22.6 Å². The van der Waals surface area contributed by atoms with Crippen LogP contribution in [0.3, 0.4) is 0 Å². The van der Waals surface area contributed by atoms with Gasteiger partial charge >= 0.3 is 0 Å². The molecule has 29 heavy (non-hydrogen) atoms. The van der Waals surface area contributed by atoms with Crippen molar-refractivity contribution in [3.05, 3.63) is 65.7 Å². The summed E-state index contributed by atoms with van der Waals surface area (Å²) in [4.78, 5) is 27.5. The second kappa shape index (κ2) is 10.1. The number of amides is 2. The van der Waals surface area contributed by atoms with Crippen molar-refractivity contribution in [3.63, 3.8) is 0 Å². The van der Waals surface area contributed by atoms with Crippen LogP contribution >= 0.6 is 0 Å². The van der Waals surface area contributed by atoms with Gasteiger partial charge < -0.3 is 15.0 Å². The number of hydrogen-bond acceptors (Lipinski definition) is 3. The molecule has 2 amide bonds. The van der Waals surface area contributed by atoms with Crippen LogP contribution in [-0.4, -0.2) is 35.4 Å². The van der Waals surface area contributed by atoms with Gasteiger partial charge in [0.1, 0.15) is 11.8 Å². The predicted octanol–water partition coefficient (Wildman–Crippen LogP) is 3.96. The van der Waals surface area contributed by atoms with E-state index in [9.17, 15) is 9.59 Å². The Kier molecular flexibility index (Phi) is 7.82. The molecule has 0 saturated carbocycles. The molecular weight excluding hydrogens is 364 g/mol. The van der Waals surface area contributed by atoms with Crippen LogP contribution in [0.15, 0.2) is 54.6 Å². The maximum absolute atomic E-state index is 13.1. The lowest BCUT2D eigenvalue weighted by Gasteiger charge is -2.31. The maximum atomic E-state index is 13.1. The van der Waals surface area contributed by atoms with E-state index in [1.807, 2.05) is 75.4 Å². The Morgan fingerprint density at radius 2 is 1.62 bits per heavy atom. The summed E-state index contributed by atoms with van der Waals surface area (Å²) in [5.74, 6) is 0.564. The fraction of sp³-hybridized carbons (Fsp3) is 0.417. The number of hydrogen-bond donors (Lipinski definition) is 1. The van der Waals surface area contributed by atoms with Gasteiger partial charge in [-0.3, -0.25) is 9.59 Å². The fourth-order valence-electron chi connectivity index (χ4n) is 3.02. The number of benzene rings is 2. The van der Waals surface area contributed by atoms with Crippen molar-refractivity contribution < 1.29 is 14.3 Å². The van der Waals surface area contributed by atoms with Gasteiger partial charge in [0.2, 0.25) is 11.8 Å². The van der Waals surface area contributed by atoms with E-state index >= 15 is 0 Å². The molecule has 0 aliphatic rings. The highest BCUT2D eigenvalue weighted by molar-refractivity contribution is 5.87. The highest BCUT2D eigenvalue weighted by atomic mass is 16.5. The van der Waals surface area contributed by atoms with Crippen LogP contribution in [0.2, 0.25) is 0 Å². The van der Waals surface area contributed by atoms with E-state index in [1.165, 1.54) is 0 Å². The molecule has 1 N–H and O–H groups in total. The van der Waals surface area contributed by atoms with Gasteiger partial charge in [-0.2, -0.15) is 0 Å². The molecule has 2 rings (SSSR count). The Balaban J connectivity index is 2.16. The van der Waals surface area contributed by atoms with Gasteiger partial charge in [-0.05, 0) is 57.4 Å². The molecule has 0 aliphatic carbocycles. The number of aryl methyl sites for hydroxylation is 1. The molecule has 0 saturated heterocycles. The zero-order valence-corrected chi connectivity index (χ0v) is 18.1. The fourth-order valence-corrected chi connectivity index (χ4v) is 3.02. The number of nitrogens with one attached hydrogen (secondary N) is 1. The minimum Gasteiger partial charge on any atom is -0.497 e. The molecule has 0 unspecified atom stereocenters. The van der Waals surface area contributed by atoms with Crippen LogP contribution in [0.1, 0.15) is 45.2 Å². The molecule has 0 aliphatic heterocycles. The summed E-state index contributed by atoms with van der Waals surface area (Å²) in [6.07, 6.45) is 1.000. The van der Waals surface area contributed by atoms with Gasteiger partial charge in [-0.1, -0.05) is 42.5 Å². The minimum atomic E-state index is -0.570. The molecule has 0 bridgehead atoms. The van der Waals surface area contributed by atoms with E-state index < -0.39 is 6.04 Å².